The summed E-state index contributed by atoms with van der Waals surface area (Å²) in [4.78, 5) is 30.1. The maximum absolute atomic E-state index is 12.6. The summed E-state index contributed by atoms with van der Waals surface area (Å²) in [5.41, 5.74) is 2.35. The van der Waals surface area contributed by atoms with Gasteiger partial charge in [-0.1, -0.05) is 24.3 Å². The van der Waals surface area contributed by atoms with E-state index in [-0.39, 0.29) is 24.8 Å². The minimum Gasteiger partial charge on any atom is -0.486 e. The van der Waals surface area contributed by atoms with Crippen molar-refractivity contribution in [3.8, 4) is 5.75 Å². The second-order valence-electron chi connectivity index (χ2n) is 7.98. The average Bonchev–Trinajstić information content (AvgIpc) is 2.79. The van der Waals surface area contributed by atoms with E-state index in [9.17, 15) is 14.7 Å². The summed E-state index contributed by atoms with van der Waals surface area (Å²) in [6.45, 7) is 2.32. The molecule has 1 amide bonds. The molecule has 2 atom stereocenters. The Labute approximate surface area is 192 Å². The number of ether oxygens (including phenoxy) is 1. The van der Waals surface area contributed by atoms with Gasteiger partial charge >= 0.3 is 5.97 Å². The van der Waals surface area contributed by atoms with Crippen molar-refractivity contribution in [2.75, 3.05) is 22.1 Å². The molecule has 1 aliphatic heterocycles. The first kappa shape index (κ1) is 22.1. The molecular weight excluding hydrogens is 420 g/mol. The molecule has 33 heavy (non-hydrogen) atoms. The number of pyridine rings is 1. The number of carbonyl (C=O) groups is 2. The number of rotatable bonds is 8. The van der Waals surface area contributed by atoms with E-state index in [0.717, 1.165) is 17.2 Å². The number of anilines is 4. The van der Waals surface area contributed by atoms with Crippen molar-refractivity contribution in [3.05, 3.63) is 72.9 Å². The number of hydrogen-bond donors (Lipinski definition) is 3. The number of aliphatic carboxylic acids is 1. The van der Waals surface area contributed by atoms with Crippen molar-refractivity contribution in [1.29, 1.82) is 0 Å². The molecule has 3 N–H and O–H groups in total. The summed E-state index contributed by atoms with van der Waals surface area (Å²) in [6.07, 6.45) is 1.40. The first-order valence-corrected chi connectivity index (χ1v) is 10.8. The zero-order valence-corrected chi connectivity index (χ0v) is 18.3. The second-order valence-corrected chi connectivity index (χ2v) is 7.98. The highest BCUT2D eigenvalue weighted by Gasteiger charge is 2.29. The summed E-state index contributed by atoms with van der Waals surface area (Å²) < 4.78 is 5.93. The number of nitrogens with one attached hydrogen (secondary N) is 2. The molecule has 0 saturated heterocycles. The van der Waals surface area contributed by atoms with Crippen molar-refractivity contribution < 1.29 is 19.4 Å². The Morgan fingerprint density at radius 1 is 1.15 bits per heavy atom. The van der Waals surface area contributed by atoms with Crippen LogP contribution in [0.1, 0.15) is 19.8 Å². The van der Waals surface area contributed by atoms with Gasteiger partial charge in [-0.2, -0.15) is 0 Å². The van der Waals surface area contributed by atoms with Gasteiger partial charge in [0.2, 0.25) is 5.91 Å². The third-order valence-corrected chi connectivity index (χ3v) is 5.23. The third-order valence-electron chi connectivity index (χ3n) is 5.23. The lowest BCUT2D eigenvalue weighted by Gasteiger charge is -2.36. The number of carboxylic acids is 1. The Kier molecular flexibility index (Phi) is 6.73. The van der Waals surface area contributed by atoms with E-state index in [4.69, 9.17) is 4.74 Å². The zero-order valence-electron chi connectivity index (χ0n) is 18.3. The number of amides is 1. The Hall–Kier alpha value is -4.07. The molecule has 2 aromatic carbocycles. The number of carboxylic acid groups (broad SMARTS) is 1. The van der Waals surface area contributed by atoms with Crippen LogP contribution in [-0.2, 0) is 9.59 Å². The van der Waals surface area contributed by atoms with Crippen LogP contribution in [0.3, 0.4) is 0 Å². The molecule has 8 nitrogen and oxygen atoms in total. The highest BCUT2D eigenvalue weighted by atomic mass is 16.5. The molecule has 4 rings (SSSR count). The zero-order chi connectivity index (χ0) is 23.2. The van der Waals surface area contributed by atoms with Crippen molar-refractivity contribution in [1.82, 2.24) is 4.98 Å². The summed E-state index contributed by atoms with van der Waals surface area (Å²) >= 11 is 0. The number of para-hydroxylation sites is 1. The van der Waals surface area contributed by atoms with E-state index in [0.29, 0.717) is 18.0 Å². The normalized spacial score (nSPS) is 15.7. The van der Waals surface area contributed by atoms with Crippen LogP contribution in [0.25, 0.3) is 0 Å². The number of benzene rings is 2. The van der Waals surface area contributed by atoms with Crippen LogP contribution in [0.2, 0.25) is 0 Å². The fourth-order valence-electron chi connectivity index (χ4n) is 3.82. The summed E-state index contributed by atoms with van der Waals surface area (Å²) in [5.74, 6) is 0.268. The Morgan fingerprint density at radius 3 is 2.67 bits per heavy atom. The van der Waals surface area contributed by atoms with Crippen LogP contribution in [0, 0.1) is 0 Å². The van der Waals surface area contributed by atoms with Gasteiger partial charge in [0, 0.05) is 30.0 Å². The van der Waals surface area contributed by atoms with Crippen LogP contribution in [0.4, 0.5) is 22.9 Å². The predicted molar refractivity (Wildman–Crippen MR) is 127 cm³/mol. The first-order valence-electron chi connectivity index (χ1n) is 10.8. The molecule has 1 aliphatic rings. The van der Waals surface area contributed by atoms with Gasteiger partial charge < -0.3 is 25.4 Å². The largest absolute Gasteiger partial charge is 0.486 e. The standard InChI is InChI=1S/C25H26N4O4/c1-17(27-23-9-5-6-12-26-23)13-24(30)28-18-10-11-22-21(14-18)29(19-7-3-2-4-8-19)16-20(33-22)15-25(31)32/h2-12,14,17,20H,13,15-16H2,1H3,(H,26,27)(H,28,30)(H,31,32). The van der Waals surface area contributed by atoms with E-state index in [1.54, 1.807) is 18.3 Å². The van der Waals surface area contributed by atoms with E-state index in [2.05, 4.69) is 15.6 Å². The first-order chi connectivity index (χ1) is 16.0. The van der Waals surface area contributed by atoms with Crippen molar-refractivity contribution >= 4 is 34.8 Å². The highest BCUT2D eigenvalue weighted by Crippen LogP contribution is 2.40. The van der Waals surface area contributed by atoms with Crippen LogP contribution in [0.5, 0.6) is 5.75 Å². The molecule has 170 valence electrons. The molecule has 0 spiro atoms. The highest BCUT2D eigenvalue weighted by molar-refractivity contribution is 5.92. The van der Waals surface area contributed by atoms with Gasteiger partial charge in [0.25, 0.3) is 0 Å². The number of aromatic nitrogens is 1. The van der Waals surface area contributed by atoms with Gasteiger partial charge in [-0.3, -0.25) is 9.59 Å². The molecule has 0 saturated carbocycles. The van der Waals surface area contributed by atoms with E-state index in [1.165, 1.54) is 0 Å². The van der Waals surface area contributed by atoms with Crippen LogP contribution in [-0.4, -0.2) is 40.7 Å². The number of nitrogens with zero attached hydrogens (tertiary/aromatic N) is 2. The van der Waals surface area contributed by atoms with E-state index in [1.807, 2.05) is 66.4 Å². The van der Waals surface area contributed by atoms with Gasteiger partial charge in [0.1, 0.15) is 17.7 Å². The SMILES string of the molecule is CC(CC(=O)Nc1ccc2c(c1)N(c1ccccc1)CC(CC(=O)O)O2)Nc1ccccn1. The van der Waals surface area contributed by atoms with E-state index < -0.39 is 12.1 Å². The Morgan fingerprint density at radius 2 is 1.94 bits per heavy atom. The fourth-order valence-corrected chi connectivity index (χ4v) is 3.82. The van der Waals surface area contributed by atoms with Gasteiger partial charge in [-0.25, -0.2) is 4.98 Å². The molecule has 0 bridgehead atoms. The fraction of sp³-hybridized carbons (Fsp3) is 0.240. The maximum Gasteiger partial charge on any atom is 0.307 e. The van der Waals surface area contributed by atoms with Crippen LogP contribution < -0.4 is 20.3 Å². The number of hydrogen-bond acceptors (Lipinski definition) is 6. The molecule has 0 radical (unpaired) electrons. The molecule has 3 aromatic rings. The van der Waals surface area contributed by atoms with E-state index >= 15 is 0 Å². The average molecular weight is 447 g/mol. The number of carbonyl (C=O) groups excluding carboxylic acids is 1. The third kappa shape index (κ3) is 5.79. The minimum atomic E-state index is -0.909. The topological polar surface area (TPSA) is 104 Å². The molecule has 8 heteroatoms. The van der Waals surface area contributed by atoms with Crippen molar-refractivity contribution in [3.63, 3.8) is 0 Å². The molecule has 1 aromatic heterocycles. The maximum atomic E-state index is 12.6. The lowest BCUT2D eigenvalue weighted by Crippen LogP contribution is -2.38. The number of fused-ring (bicyclic) bond motifs is 1. The minimum absolute atomic E-state index is 0.0948. The molecule has 2 heterocycles. The lowest BCUT2D eigenvalue weighted by molar-refractivity contribution is -0.138. The second kappa shape index (κ2) is 10.0. The lowest BCUT2D eigenvalue weighted by atomic mass is 10.1. The van der Waals surface area contributed by atoms with Gasteiger partial charge in [-0.05, 0) is 49.4 Å². The van der Waals surface area contributed by atoms with Gasteiger partial charge in [0.05, 0.1) is 18.7 Å². The Bertz CT molecular complexity index is 1110. The summed E-state index contributed by atoms with van der Waals surface area (Å²) in [5, 5.41) is 15.4. The predicted octanol–water partition coefficient (Wildman–Crippen LogP) is 4.28. The monoisotopic (exact) mass is 446 g/mol. The smallest absolute Gasteiger partial charge is 0.307 e. The summed E-state index contributed by atoms with van der Waals surface area (Å²) in [7, 11) is 0. The molecule has 0 aliphatic carbocycles. The quantitative estimate of drug-likeness (QED) is 0.474. The molecule has 2 unspecified atom stereocenters. The van der Waals surface area contributed by atoms with Gasteiger partial charge in [-0.15, -0.1) is 0 Å². The van der Waals surface area contributed by atoms with Gasteiger partial charge in [0.15, 0.2) is 0 Å². The van der Waals surface area contributed by atoms with Crippen molar-refractivity contribution in [2.45, 2.75) is 31.9 Å². The van der Waals surface area contributed by atoms with Crippen molar-refractivity contribution in [2.24, 2.45) is 0 Å². The Balaban J connectivity index is 1.49. The summed E-state index contributed by atoms with van der Waals surface area (Å²) in [6, 6.07) is 20.6. The van der Waals surface area contributed by atoms with Crippen LogP contribution in [0.15, 0.2) is 72.9 Å². The van der Waals surface area contributed by atoms with Crippen LogP contribution >= 0.6 is 0 Å². The molecule has 0 fully saturated rings. The molecular formula is C25H26N4O4.